The molecule has 118 valence electrons. The van der Waals surface area contributed by atoms with Crippen LogP contribution in [0.4, 0.5) is 0 Å². The van der Waals surface area contributed by atoms with Crippen molar-refractivity contribution in [2.45, 2.75) is 31.9 Å². The van der Waals surface area contributed by atoms with Crippen LogP contribution >= 0.6 is 23.1 Å². The summed E-state index contributed by atoms with van der Waals surface area (Å²) < 4.78 is 9.69. The maximum absolute atomic E-state index is 6.10. The van der Waals surface area contributed by atoms with Gasteiger partial charge >= 0.3 is 0 Å². The van der Waals surface area contributed by atoms with Gasteiger partial charge < -0.3 is 4.74 Å². The smallest absolute Gasteiger partial charge is 0.154 e. The molecule has 8 heteroatoms. The molecule has 0 saturated carbocycles. The fourth-order valence-corrected chi connectivity index (χ4v) is 3.40. The number of nitrogens with zero attached hydrogens (tertiary/aromatic N) is 5. The average molecular weight is 340 g/mol. The van der Waals surface area contributed by atoms with Crippen molar-refractivity contribution in [1.29, 1.82) is 0 Å². The van der Waals surface area contributed by atoms with Gasteiger partial charge in [0.25, 0.3) is 0 Å². The van der Waals surface area contributed by atoms with E-state index in [0.29, 0.717) is 16.9 Å². The van der Waals surface area contributed by atoms with Crippen LogP contribution in [0.15, 0.2) is 12.3 Å². The predicted molar refractivity (Wildman–Crippen MR) is 84.9 cm³/mol. The Labute approximate surface area is 138 Å². The fourth-order valence-electron chi connectivity index (χ4n) is 2.78. The van der Waals surface area contributed by atoms with E-state index >= 15 is 0 Å². The summed E-state index contributed by atoms with van der Waals surface area (Å²) in [6.07, 6.45) is 4.10. The topological polar surface area (TPSA) is 64.0 Å². The van der Waals surface area contributed by atoms with Gasteiger partial charge in [0, 0.05) is 49.5 Å². The Morgan fingerprint density at radius 1 is 1.50 bits per heavy atom. The van der Waals surface area contributed by atoms with Crippen LogP contribution in [0.5, 0.6) is 0 Å². The second kappa shape index (κ2) is 7.41. The third-order valence-electron chi connectivity index (χ3n) is 3.81. The highest BCUT2D eigenvalue weighted by Gasteiger charge is 2.24. The van der Waals surface area contributed by atoms with E-state index in [-0.39, 0.29) is 0 Å². The van der Waals surface area contributed by atoms with Crippen molar-refractivity contribution in [1.82, 2.24) is 24.5 Å². The molecule has 1 fully saturated rings. The molecule has 0 radical (unpaired) electrons. The lowest BCUT2D eigenvalue weighted by Gasteiger charge is -2.31. The average Bonchev–Trinajstić information content (AvgIpc) is 2.93. The highest BCUT2D eigenvalue weighted by Crippen LogP contribution is 2.27. The van der Waals surface area contributed by atoms with Crippen LogP contribution in [0, 0.1) is 0 Å². The van der Waals surface area contributed by atoms with Gasteiger partial charge in [-0.1, -0.05) is 16.1 Å². The molecule has 0 bridgehead atoms. The molecule has 0 amide bonds. The van der Waals surface area contributed by atoms with Crippen LogP contribution in [-0.4, -0.2) is 44.7 Å². The van der Waals surface area contributed by atoms with Crippen molar-refractivity contribution in [2.24, 2.45) is 0 Å². The molecule has 2 aromatic heterocycles. The van der Waals surface area contributed by atoms with E-state index in [9.17, 15) is 0 Å². The number of ether oxygens (including phenoxy) is 1. The zero-order chi connectivity index (χ0) is 15.4. The molecule has 22 heavy (non-hydrogen) atoms. The molecule has 0 spiro atoms. The van der Waals surface area contributed by atoms with E-state index < -0.39 is 0 Å². The summed E-state index contributed by atoms with van der Waals surface area (Å²) in [6, 6.07) is 2.00. The number of hydrogen-bond donors (Lipinski definition) is 0. The van der Waals surface area contributed by atoms with Crippen molar-refractivity contribution in [3.8, 4) is 0 Å². The number of piperidine rings is 1. The van der Waals surface area contributed by atoms with E-state index in [1.54, 1.807) is 7.11 Å². The summed E-state index contributed by atoms with van der Waals surface area (Å²) in [5.41, 5.74) is 1.96. The first-order valence-corrected chi connectivity index (χ1v) is 8.41. The molecular formula is C14H18ClN5OS. The number of aromatic nitrogens is 4. The van der Waals surface area contributed by atoms with Crippen molar-refractivity contribution in [2.75, 3.05) is 20.2 Å². The molecule has 0 N–H and O–H groups in total. The van der Waals surface area contributed by atoms with Crippen LogP contribution < -0.4 is 0 Å². The molecule has 3 rings (SSSR count). The van der Waals surface area contributed by atoms with Gasteiger partial charge in [0.1, 0.15) is 16.6 Å². The lowest BCUT2D eigenvalue weighted by molar-refractivity contribution is 0.175. The lowest BCUT2D eigenvalue weighted by atomic mass is 9.94. The van der Waals surface area contributed by atoms with E-state index in [4.69, 9.17) is 16.3 Å². The summed E-state index contributed by atoms with van der Waals surface area (Å²) in [5, 5.41) is 4.10. The summed E-state index contributed by atoms with van der Waals surface area (Å²) in [7, 11) is 1.66. The summed E-state index contributed by atoms with van der Waals surface area (Å²) in [6.45, 7) is 3.21. The Hall–Kier alpha value is -1.15. The van der Waals surface area contributed by atoms with Gasteiger partial charge in [-0.05, 0) is 25.5 Å². The molecule has 1 aliphatic heterocycles. The van der Waals surface area contributed by atoms with Crippen molar-refractivity contribution >= 4 is 23.1 Å². The maximum Gasteiger partial charge on any atom is 0.154 e. The van der Waals surface area contributed by atoms with E-state index in [1.165, 1.54) is 11.5 Å². The van der Waals surface area contributed by atoms with Crippen LogP contribution in [0.2, 0.25) is 4.34 Å². The molecule has 0 aliphatic carbocycles. The van der Waals surface area contributed by atoms with Crippen LogP contribution in [0.25, 0.3) is 0 Å². The normalized spacial score (nSPS) is 19.5. The lowest BCUT2D eigenvalue weighted by Crippen LogP contribution is -2.34. The first-order chi connectivity index (χ1) is 10.8. The van der Waals surface area contributed by atoms with E-state index in [0.717, 1.165) is 49.7 Å². The third-order valence-corrected chi connectivity index (χ3v) is 4.79. The highest BCUT2D eigenvalue weighted by atomic mass is 35.5. The molecule has 1 unspecified atom stereocenters. The van der Waals surface area contributed by atoms with Crippen LogP contribution in [0.3, 0.4) is 0 Å². The summed E-state index contributed by atoms with van der Waals surface area (Å²) in [5.74, 6) is 1.15. The number of methoxy groups -OCH3 is 1. The van der Waals surface area contributed by atoms with Gasteiger partial charge in [0.05, 0.1) is 0 Å². The molecule has 1 saturated heterocycles. The number of halogens is 1. The van der Waals surface area contributed by atoms with Crippen LogP contribution in [0.1, 0.15) is 36.0 Å². The molecule has 1 aliphatic rings. The monoisotopic (exact) mass is 339 g/mol. The molecular weight excluding hydrogens is 322 g/mol. The first-order valence-electron chi connectivity index (χ1n) is 7.26. The van der Waals surface area contributed by atoms with Crippen molar-refractivity contribution in [3.05, 3.63) is 33.8 Å². The number of hydrogen-bond acceptors (Lipinski definition) is 7. The SMILES string of the molecule is COCc1nccc(C2CCCN(Cc3nnsc3Cl)C2)n1. The Balaban J connectivity index is 1.67. The van der Waals surface area contributed by atoms with E-state index in [1.807, 2.05) is 12.3 Å². The van der Waals surface area contributed by atoms with Crippen molar-refractivity contribution < 1.29 is 4.74 Å². The standard InChI is InChI=1S/C14H18ClN5OS/c1-21-9-13-16-5-4-11(17-13)10-3-2-6-20(7-10)8-12-14(15)22-19-18-12/h4-5,10H,2-3,6-9H2,1H3. The van der Waals surface area contributed by atoms with Gasteiger partial charge in [0.2, 0.25) is 0 Å². The highest BCUT2D eigenvalue weighted by molar-refractivity contribution is 7.10. The Kier molecular flexibility index (Phi) is 5.30. The largest absolute Gasteiger partial charge is 0.377 e. The maximum atomic E-state index is 6.10. The van der Waals surface area contributed by atoms with E-state index in [2.05, 4.69) is 24.5 Å². The third kappa shape index (κ3) is 3.78. The van der Waals surface area contributed by atoms with Crippen molar-refractivity contribution in [3.63, 3.8) is 0 Å². The fraction of sp³-hybridized carbons (Fsp3) is 0.571. The summed E-state index contributed by atoms with van der Waals surface area (Å²) in [4.78, 5) is 11.2. The summed E-state index contributed by atoms with van der Waals surface area (Å²) >= 11 is 7.34. The Morgan fingerprint density at radius 2 is 2.41 bits per heavy atom. The van der Waals surface area contributed by atoms with Gasteiger partial charge in [0.15, 0.2) is 5.82 Å². The predicted octanol–water partition coefficient (Wildman–Crippen LogP) is 2.51. The second-order valence-electron chi connectivity index (χ2n) is 5.40. The zero-order valence-corrected chi connectivity index (χ0v) is 14.0. The Bertz CT molecular complexity index is 623. The number of likely N-dealkylation sites (tertiary alicyclic amines) is 1. The number of rotatable bonds is 5. The molecule has 1 atom stereocenters. The molecule has 0 aromatic carbocycles. The molecule has 2 aromatic rings. The Morgan fingerprint density at radius 3 is 3.18 bits per heavy atom. The van der Waals surface area contributed by atoms with Crippen LogP contribution in [-0.2, 0) is 17.9 Å². The molecule has 6 nitrogen and oxygen atoms in total. The quantitative estimate of drug-likeness (QED) is 0.834. The first kappa shape index (κ1) is 15.7. The van der Waals surface area contributed by atoms with Gasteiger partial charge in [-0.15, -0.1) is 5.10 Å². The molecule has 3 heterocycles. The minimum atomic E-state index is 0.415. The van der Waals surface area contributed by atoms with Gasteiger partial charge in [-0.2, -0.15) is 0 Å². The van der Waals surface area contributed by atoms with Gasteiger partial charge in [-0.25, -0.2) is 9.97 Å². The second-order valence-corrected chi connectivity index (χ2v) is 6.75. The zero-order valence-electron chi connectivity index (χ0n) is 12.4. The van der Waals surface area contributed by atoms with Gasteiger partial charge in [-0.3, -0.25) is 4.90 Å². The minimum Gasteiger partial charge on any atom is -0.377 e. The minimum absolute atomic E-state index is 0.415.